The molecule has 1 rings (SSSR count). The zero-order valence-electron chi connectivity index (χ0n) is 4.13. The van der Waals surface area contributed by atoms with Crippen molar-refractivity contribution in [1.82, 2.24) is 0 Å². The summed E-state index contributed by atoms with van der Waals surface area (Å²) in [6.45, 7) is 0.257. The lowest BCUT2D eigenvalue weighted by Crippen LogP contribution is -2.30. The fraction of sp³-hybridized carbons (Fsp3) is 0.750. The second-order valence-corrected chi connectivity index (χ2v) is 2.17. The van der Waals surface area contributed by atoms with Crippen LogP contribution in [0.1, 0.15) is 0 Å². The van der Waals surface area contributed by atoms with Crippen LogP contribution in [0.2, 0.25) is 0 Å². The molecule has 2 atom stereocenters. The quantitative estimate of drug-likeness (QED) is 0.359. The summed E-state index contributed by atoms with van der Waals surface area (Å²) < 4.78 is 4.48. The molecule has 2 unspecified atom stereocenters. The highest BCUT2D eigenvalue weighted by Crippen LogP contribution is 2.10. The highest BCUT2D eigenvalue weighted by molar-refractivity contribution is 6.31. The van der Waals surface area contributed by atoms with Gasteiger partial charge in [-0.2, -0.15) is 0 Å². The average molecular weight is 136 g/mol. The molecular weight excluding hydrogens is 130 g/mol. The first-order chi connectivity index (χ1) is 3.72. The van der Waals surface area contributed by atoms with E-state index in [0.29, 0.717) is 0 Å². The Labute approximate surface area is 51.7 Å². The third-order valence-electron chi connectivity index (χ3n) is 1.02. The first-order valence-electron chi connectivity index (χ1n) is 2.28. The van der Waals surface area contributed by atoms with E-state index in [0.717, 1.165) is 0 Å². The highest BCUT2D eigenvalue weighted by atomic mass is 35.5. The summed E-state index contributed by atoms with van der Waals surface area (Å²) in [5.74, 6) is -0.404. The van der Waals surface area contributed by atoms with Crippen LogP contribution in [0.3, 0.4) is 0 Å². The van der Waals surface area contributed by atoms with Gasteiger partial charge >= 0.3 is 5.97 Å². The monoisotopic (exact) mass is 135 g/mol. The number of nitrogens with two attached hydrogens (primary N) is 1. The maximum absolute atomic E-state index is 10.4. The number of halogens is 1. The minimum absolute atomic E-state index is 0.257. The van der Waals surface area contributed by atoms with Gasteiger partial charge in [-0.15, -0.1) is 11.6 Å². The van der Waals surface area contributed by atoms with Crippen molar-refractivity contribution in [3.8, 4) is 0 Å². The van der Waals surface area contributed by atoms with E-state index in [-0.39, 0.29) is 12.6 Å². The van der Waals surface area contributed by atoms with Crippen molar-refractivity contribution in [3.63, 3.8) is 0 Å². The molecule has 1 aliphatic heterocycles. The maximum Gasteiger partial charge on any atom is 0.325 e. The average Bonchev–Trinajstić information content (AvgIpc) is 1.98. The molecule has 0 radical (unpaired) electrons. The molecule has 0 aromatic heterocycles. The van der Waals surface area contributed by atoms with Crippen LogP contribution in [0.15, 0.2) is 0 Å². The molecular formula is C4H6ClNO2. The number of hydrogen-bond acceptors (Lipinski definition) is 3. The van der Waals surface area contributed by atoms with Gasteiger partial charge in [0.25, 0.3) is 0 Å². The highest BCUT2D eigenvalue weighted by Gasteiger charge is 2.31. The van der Waals surface area contributed by atoms with Gasteiger partial charge in [-0.3, -0.25) is 4.79 Å². The van der Waals surface area contributed by atoms with E-state index in [2.05, 4.69) is 4.74 Å². The van der Waals surface area contributed by atoms with Crippen molar-refractivity contribution in [2.24, 2.45) is 5.73 Å². The molecule has 8 heavy (non-hydrogen) atoms. The molecule has 3 nitrogen and oxygen atoms in total. The Kier molecular flexibility index (Phi) is 1.40. The number of ether oxygens (including phenoxy) is 1. The van der Waals surface area contributed by atoms with Gasteiger partial charge in [0.1, 0.15) is 12.0 Å². The van der Waals surface area contributed by atoms with E-state index < -0.39 is 11.3 Å². The first kappa shape index (κ1) is 5.85. The van der Waals surface area contributed by atoms with Crippen molar-refractivity contribution in [2.45, 2.75) is 11.4 Å². The van der Waals surface area contributed by atoms with Crippen molar-refractivity contribution in [3.05, 3.63) is 0 Å². The van der Waals surface area contributed by atoms with Gasteiger partial charge in [-0.25, -0.2) is 0 Å². The minimum Gasteiger partial charge on any atom is -0.463 e. The Morgan fingerprint density at radius 1 is 1.88 bits per heavy atom. The van der Waals surface area contributed by atoms with Crippen molar-refractivity contribution >= 4 is 17.6 Å². The van der Waals surface area contributed by atoms with Crippen molar-refractivity contribution in [1.29, 1.82) is 0 Å². The molecule has 46 valence electrons. The standard InChI is InChI=1S/C4H6ClNO2/c5-3-2(6)1-8-4(3)7/h2-3H,1,6H2. The third-order valence-corrected chi connectivity index (χ3v) is 1.52. The second kappa shape index (κ2) is 1.91. The Morgan fingerprint density at radius 3 is 2.62 bits per heavy atom. The number of alkyl halides is 1. The number of cyclic esters (lactones) is 1. The molecule has 0 aromatic carbocycles. The molecule has 4 heteroatoms. The maximum atomic E-state index is 10.4. The molecule has 1 fully saturated rings. The molecule has 0 aromatic rings. The summed E-state index contributed by atoms with van der Waals surface area (Å²) in [7, 11) is 0. The number of rotatable bonds is 0. The van der Waals surface area contributed by atoms with Gasteiger partial charge in [-0.1, -0.05) is 0 Å². The second-order valence-electron chi connectivity index (χ2n) is 1.70. The molecule has 0 amide bonds. The molecule has 1 heterocycles. The van der Waals surface area contributed by atoms with Crippen LogP contribution in [0, 0.1) is 0 Å². The Balaban J connectivity index is 2.56. The van der Waals surface area contributed by atoms with E-state index in [9.17, 15) is 4.79 Å². The normalized spacial score (nSPS) is 37.5. The molecule has 2 N–H and O–H groups in total. The molecule has 0 aliphatic carbocycles. The molecule has 1 aliphatic rings. The molecule has 0 bridgehead atoms. The zero-order valence-corrected chi connectivity index (χ0v) is 4.89. The van der Waals surface area contributed by atoms with E-state index in [4.69, 9.17) is 17.3 Å². The van der Waals surface area contributed by atoms with E-state index in [1.165, 1.54) is 0 Å². The van der Waals surface area contributed by atoms with Gasteiger partial charge in [0.2, 0.25) is 0 Å². The largest absolute Gasteiger partial charge is 0.463 e. The van der Waals surface area contributed by atoms with Crippen LogP contribution < -0.4 is 5.73 Å². The van der Waals surface area contributed by atoms with Crippen LogP contribution in [0.4, 0.5) is 0 Å². The summed E-state index contributed by atoms with van der Waals surface area (Å²) >= 11 is 5.41. The predicted molar refractivity (Wildman–Crippen MR) is 28.6 cm³/mol. The van der Waals surface area contributed by atoms with Crippen LogP contribution in [-0.4, -0.2) is 24.0 Å². The van der Waals surface area contributed by atoms with E-state index in [1.807, 2.05) is 0 Å². The summed E-state index contributed by atoms with van der Waals surface area (Å²) in [6.07, 6.45) is 0. The first-order valence-corrected chi connectivity index (χ1v) is 2.72. The number of esters is 1. The van der Waals surface area contributed by atoms with Gasteiger partial charge in [0.05, 0.1) is 6.04 Å². The summed E-state index contributed by atoms with van der Waals surface area (Å²) in [5.41, 5.74) is 5.29. The zero-order chi connectivity index (χ0) is 6.15. The van der Waals surface area contributed by atoms with Crippen molar-refractivity contribution < 1.29 is 9.53 Å². The van der Waals surface area contributed by atoms with E-state index >= 15 is 0 Å². The van der Waals surface area contributed by atoms with Crippen LogP contribution in [0.5, 0.6) is 0 Å². The number of carbonyl (C=O) groups excluding carboxylic acids is 1. The van der Waals surface area contributed by atoms with Crippen molar-refractivity contribution in [2.75, 3.05) is 6.61 Å². The smallest absolute Gasteiger partial charge is 0.325 e. The lowest BCUT2D eigenvalue weighted by Gasteiger charge is -1.96. The van der Waals surface area contributed by atoms with Gasteiger partial charge < -0.3 is 10.5 Å². The summed E-state index contributed by atoms with van der Waals surface area (Å²) in [4.78, 5) is 10.4. The van der Waals surface area contributed by atoms with Crippen LogP contribution >= 0.6 is 11.6 Å². The lowest BCUT2D eigenvalue weighted by molar-refractivity contribution is -0.137. The molecule has 0 saturated carbocycles. The predicted octanol–water partition coefficient (Wildman–Crippen LogP) is -0.522. The molecule has 1 saturated heterocycles. The third kappa shape index (κ3) is 0.788. The minimum atomic E-state index is -0.630. The Bertz CT molecular complexity index is 117. The summed E-state index contributed by atoms with van der Waals surface area (Å²) in [6, 6.07) is -0.316. The topological polar surface area (TPSA) is 52.3 Å². The van der Waals surface area contributed by atoms with Gasteiger partial charge in [0, 0.05) is 0 Å². The summed E-state index contributed by atoms with van der Waals surface area (Å²) in [5, 5.41) is -0.630. The fourth-order valence-electron chi connectivity index (χ4n) is 0.517. The lowest BCUT2D eigenvalue weighted by atomic mass is 10.3. The fourth-order valence-corrected chi connectivity index (χ4v) is 0.653. The SMILES string of the molecule is NC1COC(=O)C1Cl. The number of hydrogen-bond donors (Lipinski definition) is 1. The Morgan fingerprint density at radius 2 is 2.50 bits per heavy atom. The van der Waals surface area contributed by atoms with Gasteiger partial charge in [0.15, 0.2) is 0 Å². The van der Waals surface area contributed by atoms with E-state index in [1.54, 1.807) is 0 Å². The molecule has 0 spiro atoms. The van der Waals surface area contributed by atoms with Gasteiger partial charge in [-0.05, 0) is 0 Å². The number of carbonyl (C=O) groups is 1. The van der Waals surface area contributed by atoms with Crippen LogP contribution in [-0.2, 0) is 9.53 Å². The Hall–Kier alpha value is -0.280. The van der Waals surface area contributed by atoms with Crippen LogP contribution in [0.25, 0.3) is 0 Å².